The lowest BCUT2D eigenvalue weighted by Gasteiger charge is -2.13. The molecule has 0 radical (unpaired) electrons. The third-order valence-electron chi connectivity index (χ3n) is 2.04. The molecule has 6 nitrogen and oxygen atoms in total. The predicted molar refractivity (Wildman–Crippen MR) is 69.5 cm³/mol. The second-order valence-electron chi connectivity index (χ2n) is 3.08. The van der Waals surface area contributed by atoms with Gasteiger partial charge in [-0.15, -0.1) is 0 Å². The minimum Gasteiger partial charge on any atom is -0.492 e. The molecular formula is C11H8BrFN4O2. The lowest BCUT2D eigenvalue weighted by Crippen LogP contribution is -2.02. The van der Waals surface area contributed by atoms with E-state index in [0.717, 1.165) is 0 Å². The Balaban J connectivity index is 3.27. The van der Waals surface area contributed by atoms with Crippen LogP contribution in [0, 0.1) is 28.5 Å². The van der Waals surface area contributed by atoms with Crippen molar-refractivity contribution in [3.63, 3.8) is 0 Å². The number of hydrogen-bond donors (Lipinski definition) is 1. The van der Waals surface area contributed by atoms with Crippen LogP contribution in [0.2, 0.25) is 0 Å². The van der Waals surface area contributed by atoms with Crippen molar-refractivity contribution < 1.29 is 13.9 Å². The van der Waals surface area contributed by atoms with Gasteiger partial charge in [0.15, 0.2) is 11.5 Å². The van der Waals surface area contributed by atoms with E-state index in [1.807, 2.05) is 0 Å². The molecule has 0 heterocycles. The topological polar surface area (TPSA) is 90.4 Å². The van der Waals surface area contributed by atoms with Crippen LogP contribution in [0.15, 0.2) is 15.6 Å². The highest BCUT2D eigenvalue weighted by Gasteiger charge is 2.18. The summed E-state index contributed by atoms with van der Waals surface area (Å²) >= 11 is 3.12. The standard InChI is InChI=1S/C11H8BrFN4O2/c1-18-10-7(12)3-8(11(19-2)9(10)13)17-16-6(4-14)5-15/h3,17H,1-2H3. The van der Waals surface area contributed by atoms with E-state index in [1.165, 1.54) is 20.3 Å². The molecule has 0 atom stereocenters. The zero-order valence-corrected chi connectivity index (χ0v) is 11.6. The first kappa shape index (κ1) is 14.7. The second-order valence-corrected chi connectivity index (χ2v) is 3.94. The van der Waals surface area contributed by atoms with Gasteiger partial charge in [-0.2, -0.15) is 20.0 Å². The summed E-state index contributed by atoms with van der Waals surface area (Å²) in [6.45, 7) is 0. The third kappa shape index (κ3) is 3.12. The van der Waals surface area contributed by atoms with Crippen molar-refractivity contribution in [3.05, 3.63) is 16.4 Å². The van der Waals surface area contributed by atoms with Gasteiger partial charge in [0.05, 0.1) is 18.7 Å². The van der Waals surface area contributed by atoms with Gasteiger partial charge in [0, 0.05) is 0 Å². The van der Waals surface area contributed by atoms with Gasteiger partial charge in [-0.25, -0.2) is 0 Å². The van der Waals surface area contributed by atoms with Crippen LogP contribution in [0.4, 0.5) is 10.1 Å². The molecule has 0 aliphatic rings. The van der Waals surface area contributed by atoms with Gasteiger partial charge in [-0.05, 0) is 22.0 Å². The van der Waals surface area contributed by atoms with E-state index < -0.39 is 11.5 Å². The molecule has 0 unspecified atom stereocenters. The average molecular weight is 327 g/mol. The molecule has 0 saturated carbocycles. The zero-order chi connectivity index (χ0) is 14.4. The highest BCUT2D eigenvalue weighted by Crippen LogP contribution is 2.40. The highest BCUT2D eigenvalue weighted by atomic mass is 79.9. The van der Waals surface area contributed by atoms with Gasteiger partial charge in [-0.3, -0.25) is 5.43 Å². The zero-order valence-electron chi connectivity index (χ0n) is 9.99. The van der Waals surface area contributed by atoms with E-state index >= 15 is 0 Å². The quantitative estimate of drug-likeness (QED) is 0.677. The summed E-state index contributed by atoms with van der Waals surface area (Å²) in [6.07, 6.45) is 0. The number of nitrogens with zero attached hydrogens (tertiary/aromatic N) is 3. The molecule has 1 N–H and O–H groups in total. The van der Waals surface area contributed by atoms with Crippen molar-refractivity contribution in [1.82, 2.24) is 0 Å². The number of nitrogens with one attached hydrogen (secondary N) is 1. The Hall–Kier alpha value is -2.32. The lowest BCUT2D eigenvalue weighted by molar-refractivity contribution is 0.350. The molecule has 0 bridgehead atoms. The summed E-state index contributed by atoms with van der Waals surface area (Å²) in [4.78, 5) is 0. The predicted octanol–water partition coefficient (Wildman–Crippen LogP) is 2.42. The largest absolute Gasteiger partial charge is 0.492 e. The van der Waals surface area contributed by atoms with Crippen LogP contribution in [-0.2, 0) is 0 Å². The smallest absolute Gasteiger partial charge is 0.237 e. The summed E-state index contributed by atoms with van der Waals surface area (Å²) in [5.41, 5.74) is 2.15. The molecular weight excluding hydrogens is 319 g/mol. The van der Waals surface area contributed by atoms with Crippen LogP contribution in [0.3, 0.4) is 0 Å². The first-order chi connectivity index (χ1) is 9.08. The van der Waals surface area contributed by atoms with Crippen molar-refractivity contribution in [2.75, 3.05) is 19.6 Å². The molecule has 0 saturated heterocycles. The third-order valence-corrected chi connectivity index (χ3v) is 2.63. The normalized spacial score (nSPS) is 8.95. The maximum Gasteiger partial charge on any atom is 0.237 e. The minimum absolute atomic E-state index is 0.0211. The van der Waals surface area contributed by atoms with Crippen molar-refractivity contribution in [1.29, 1.82) is 10.5 Å². The Kier molecular flexibility index (Phi) is 5.10. The first-order valence-corrected chi connectivity index (χ1v) is 5.62. The van der Waals surface area contributed by atoms with Gasteiger partial charge < -0.3 is 9.47 Å². The molecule has 0 aromatic heterocycles. The monoisotopic (exact) mass is 326 g/mol. The van der Waals surface area contributed by atoms with Gasteiger partial charge >= 0.3 is 0 Å². The summed E-state index contributed by atoms with van der Waals surface area (Å²) < 4.78 is 24.1. The van der Waals surface area contributed by atoms with Crippen LogP contribution in [0.1, 0.15) is 0 Å². The van der Waals surface area contributed by atoms with Gasteiger partial charge in [0.25, 0.3) is 0 Å². The van der Waals surface area contributed by atoms with Crippen molar-refractivity contribution in [2.45, 2.75) is 0 Å². The van der Waals surface area contributed by atoms with E-state index in [9.17, 15) is 4.39 Å². The number of ether oxygens (including phenoxy) is 2. The van der Waals surface area contributed by atoms with Crippen molar-refractivity contribution in [3.8, 4) is 23.6 Å². The van der Waals surface area contributed by atoms with Crippen LogP contribution in [0.5, 0.6) is 11.5 Å². The highest BCUT2D eigenvalue weighted by molar-refractivity contribution is 9.10. The van der Waals surface area contributed by atoms with Crippen LogP contribution >= 0.6 is 15.9 Å². The Morgan fingerprint density at radius 3 is 2.37 bits per heavy atom. The second kappa shape index (κ2) is 6.57. The van der Waals surface area contributed by atoms with E-state index in [0.29, 0.717) is 4.47 Å². The van der Waals surface area contributed by atoms with E-state index in [1.54, 1.807) is 12.1 Å². The molecule has 1 rings (SSSR count). The molecule has 0 aliphatic heterocycles. The van der Waals surface area contributed by atoms with Crippen LogP contribution < -0.4 is 14.9 Å². The summed E-state index contributed by atoms with van der Waals surface area (Å²) in [5, 5.41) is 20.6. The van der Waals surface area contributed by atoms with Crippen LogP contribution in [0.25, 0.3) is 0 Å². The Morgan fingerprint density at radius 2 is 1.89 bits per heavy atom. The average Bonchev–Trinajstić information content (AvgIpc) is 2.40. The number of benzene rings is 1. The molecule has 0 spiro atoms. The van der Waals surface area contributed by atoms with Gasteiger partial charge in [0.1, 0.15) is 17.8 Å². The maximum atomic E-state index is 14.0. The Morgan fingerprint density at radius 1 is 1.32 bits per heavy atom. The fourth-order valence-electron chi connectivity index (χ4n) is 1.24. The molecule has 0 fully saturated rings. The number of nitriles is 2. The van der Waals surface area contributed by atoms with Gasteiger partial charge in [0.2, 0.25) is 11.5 Å². The number of anilines is 1. The van der Waals surface area contributed by atoms with E-state index in [2.05, 4.69) is 26.5 Å². The molecule has 19 heavy (non-hydrogen) atoms. The number of hydrogen-bond acceptors (Lipinski definition) is 6. The van der Waals surface area contributed by atoms with Crippen LogP contribution in [-0.4, -0.2) is 19.9 Å². The summed E-state index contributed by atoms with van der Waals surface area (Å²) in [5.74, 6) is -0.890. The lowest BCUT2D eigenvalue weighted by atomic mass is 10.2. The maximum absolute atomic E-state index is 14.0. The molecule has 8 heteroatoms. The Bertz CT molecular complexity index is 588. The van der Waals surface area contributed by atoms with Gasteiger partial charge in [-0.1, -0.05) is 0 Å². The summed E-state index contributed by atoms with van der Waals surface area (Å²) in [7, 11) is 2.59. The number of methoxy groups -OCH3 is 2. The fraction of sp³-hybridized carbons (Fsp3) is 0.182. The summed E-state index contributed by atoms with van der Waals surface area (Å²) in [6, 6.07) is 4.59. The van der Waals surface area contributed by atoms with E-state index in [4.69, 9.17) is 20.0 Å². The fourth-order valence-corrected chi connectivity index (χ4v) is 1.81. The molecule has 1 aromatic rings. The first-order valence-electron chi connectivity index (χ1n) is 4.82. The Labute approximate surface area is 117 Å². The molecule has 98 valence electrons. The number of hydrazone groups is 1. The van der Waals surface area contributed by atoms with E-state index in [-0.39, 0.29) is 17.2 Å². The molecule has 0 aliphatic carbocycles. The number of halogens is 2. The van der Waals surface area contributed by atoms with Crippen molar-refractivity contribution >= 4 is 27.3 Å². The minimum atomic E-state index is -0.729. The molecule has 0 amide bonds. The molecule has 1 aromatic carbocycles. The SMILES string of the molecule is COc1c(Br)cc(NN=C(C#N)C#N)c(OC)c1F. The number of rotatable bonds is 4. The van der Waals surface area contributed by atoms with Crippen molar-refractivity contribution in [2.24, 2.45) is 5.10 Å².